The summed E-state index contributed by atoms with van der Waals surface area (Å²) in [6.45, 7) is 3.11. The van der Waals surface area contributed by atoms with E-state index >= 15 is 0 Å². The Morgan fingerprint density at radius 2 is 1.93 bits per heavy atom. The van der Waals surface area contributed by atoms with Crippen molar-refractivity contribution < 1.29 is 9.59 Å². The summed E-state index contributed by atoms with van der Waals surface area (Å²) in [6, 6.07) is 18.0. The van der Waals surface area contributed by atoms with Crippen LogP contribution in [0, 0.1) is 5.92 Å². The van der Waals surface area contributed by atoms with E-state index in [4.69, 9.17) is 0 Å². The molecular weight excluding hydrogens is 376 g/mol. The van der Waals surface area contributed by atoms with Gasteiger partial charge in [-0.15, -0.1) is 0 Å². The number of likely N-dealkylation sites (tertiary alicyclic amines) is 1. The molecular formula is C24H26N4O2. The lowest BCUT2D eigenvalue weighted by atomic mass is 10.0. The van der Waals surface area contributed by atoms with E-state index in [0.29, 0.717) is 13.1 Å². The first-order valence-electron chi connectivity index (χ1n) is 10.3. The topological polar surface area (TPSA) is 67.2 Å². The summed E-state index contributed by atoms with van der Waals surface area (Å²) in [5, 5.41) is 3.07. The molecule has 2 heterocycles. The Bertz CT molecular complexity index is 984. The number of benzene rings is 2. The van der Waals surface area contributed by atoms with Crippen LogP contribution in [0.25, 0.3) is 5.69 Å². The molecule has 2 atom stereocenters. The number of aromatic nitrogens is 2. The van der Waals surface area contributed by atoms with Gasteiger partial charge in [-0.3, -0.25) is 9.59 Å². The van der Waals surface area contributed by atoms with Crippen LogP contribution in [-0.2, 0) is 16.0 Å². The van der Waals surface area contributed by atoms with E-state index in [9.17, 15) is 9.59 Å². The van der Waals surface area contributed by atoms with E-state index in [1.165, 1.54) is 5.56 Å². The van der Waals surface area contributed by atoms with Crippen molar-refractivity contribution in [3.63, 3.8) is 0 Å². The SMILES string of the molecule is CC(NC(=O)C1CC(=O)N(CCc2ccccc2)C1)c1ccc(-n2ccnc2)cc1. The van der Waals surface area contributed by atoms with Gasteiger partial charge in [-0.1, -0.05) is 42.5 Å². The third-order valence-electron chi connectivity index (χ3n) is 5.65. The van der Waals surface area contributed by atoms with Crippen LogP contribution >= 0.6 is 0 Å². The van der Waals surface area contributed by atoms with Gasteiger partial charge in [0, 0.05) is 37.6 Å². The number of rotatable bonds is 7. The van der Waals surface area contributed by atoms with E-state index in [0.717, 1.165) is 17.7 Å². The van der Waals surface area contributed by atoms with E-state index < -0.39 is 0 Å². The van der Waals surface area contributed by atoms with Crippen LogP contribution in [0.4, 0.5) is 0 Å². The minimum Gasteiger partial charge on any atom is -0.349 e. The van der Waals surface area contributed by atoms with E-state index in [-0.39, 0.29) is 30.2 Å². The fourth-order valence-electron chi connectivity index (χ4n) is 3.83. The third kappa shape index (κ3) is 4.59. The van der Waals surface area contributed by atoms with Gasteiger partial charge in [0.25, 0.3) is 0 Å². The van der Waals surface area contributed by atoms with Crippen molar-refractivity contribution in [2.75, 3.05) is 13.1 Å². The number of hydrogen-bond acceptors (Lipinski definition) is 3. The molecule has 1 aliphatic heterocycles. The van der Waals surface area contributed by atoms with Gasteiger partial charge in [0.2, 0.25) is 11.8 Å². The standard InChI is InChI=1S/C24H26N4O2/c1-18(20-7-9-22(10-8-20)28-14-12-25-17-28)26-24(30)21-15-23(29)27(16-21)13-11-19-5-3-2-4-6-19/h2-10,12,14,17-18,21H,11,13,15-16H2,1H3,(H,26,30). The number of nitrogens with one attached hydrogen (secondary N) is 1. The van der Waals surface area contributed by atoms with Crippen molar-refractivity contribution >= 4 is 11.8 Å². The zero-order chi connectivity index (χ0) is 20.9. The average Bonchev–Trinajstić information content (AvgIpc) is 3.43. The van der Waals surface area contributed by atoms with Crippen LogP contribution in [0.15, 0.2) is 73.3 Å². The summed E-state index contributed by atoms with van der Waals surface area (Å²) >= 11 is 0. The molecule has 4 rings (SSSR count). The minimum atomic E-state index is -0.291. The molecule has 1 saturated heterocycles. The normalized spacial score (nSPS) is 17.2. The Morgan fingerprint density at radius 1 is 1.17 bits per heavy atom. The maximum absolute atomic E-state index is 12.7. The van der Waals surface area contributed by atoms with Gasteiger partial charge in [0.1, 0.15) is 0 Å². The molecule has 0 spiro atoms. The Morgan fingerprint density at radius 3 is 2.63 bits per heavy atom. The smallest absolute Gasteiger partial charge is 0.225 e. The highest BCUT2D eigenvalue weighted by Crippen LogP contribution is 2.21. The van der Waals surface area contributed by atoms with Gasteiger partial charge in [0.15, 0.2) is 0 Å². The molecule has 30 heavy (non-hydrogen) atoms. The molecule has 0 radical (unpaired) electrons. The molecule has 6 heteroatoms. The molecule has 6 nitrogen and oxygen atoms in total. The predicted molar refractivity (Wildman–Crippen MR) is 115 cm³/mol. The van der Waals surface area contributed by atoms with Crippen molar-refractivity contribution in [2.45, 2.75) is 25.8 Å². The van der Waals surface area contributed by atoms with Gasteiger partial charge in [-0.25, -0.2) is 4.98 Å². The largest absolute Gasteiger partial charge is 0.349 e. The Balaban J connectivity index is 1.30. The first-order valence-corrected chi connectivity index (χ1v) is 10.3. The van der Waals surface area contributed by atoms with E-state index in [2.05, 4.69) is 22.4 Å². The summed E-state index contributed by atoms with van der Waals surface area (Å²) in [6.07, 6.45) is 6.47. The molecule has 2 aromatic carbocycles. The fraction of sp³-hybridized carbons (Fsp3) is 0.292. The summed E-state index contributed by atoms with van der Waals surface area (Å²) < 4.78 is 1.93. The molecule has 1 aliphatic rings. The zero-order valence-electron chi connectivity index (χ0n) is 17.1. The average molecular weight is 402 g/mol. The number of amides is 2. The molecule has 1 N–H and O–H groups in total. The Kier molecular flexibility index (Phi) is 5.93. The lowest BCUT2D eigenvalue weighted by Crippen LogP contribution is -2.35. The third-order valence-corrected chi connectivity index (χ3v) is 5.65. The number of carbonyl (C=O) groups excluding carboxylic acids is 2. The molecule has 2 amide bonds. The second-order valence-corrected chi connectivity index (χ2v) is 7.77. The Hall–Kier alpha value is -3.41. The lowest BCUT2D eigenvalue weighted by molar-refractivity contribution is -0.129. The van der Waals surface area contributed by atoms with Crippen LogP contribution in [0.5, 0.6) is 0 Å². The second-order valence-electron chi connectivity index (χ2n) is 7.77. The molecule has 0 bridgehead atoms. The van der Waals surface area contributed by atoms with Crippen LogP contribution in [-0.4, -0.2) is 39.4 Å². The highest BCUT2D eigenvalue weighted by Gasteiger charge is 2.34. The van der Waals surface area contributed by atoms with Crippen molar-refractivity contribution in [1.29, 1.82) is 0 Å². The van der Waals surface area contributed by atoms with Crippen LogP contribution in [0.3, 0.4) is 0 Å². The maximum atomic E-state index is 12.7. The van der Waals surface area contributed by atoms with Crippen LogP contribution in [0.1, 0.15) is 30.5 Å². The number of nitrogens with zero attached hydrogens (tertiary/aromatic N) is 3. The number of hydrogen-bond donors (Lipinski definition) is 1. The summed E-state index contributed by atoms with van der Waals surface area (Å²) in [5.41, 5.74) is 3.24. The van der Waals surface area contributed by atoms with Gasteiger partial charge < -0.3 is 14.8 Å². The van der Waals surface area contributed by atoms with Gasteiger partial charge in [0.05, 0.1) is 18.3 Å². The zero-order valence-corrected chi connectivity index (χ0v) is 17.1. The number of carbonyl (C=O) groups is 2. The quantitative estimate of drug-likeness (QED) is 0.660. The monoisotopic (exact) mass is 402 g/mol. The highest BCUT2D eigenvalue weighted by molar-refractivity contribution is 5.89. The molecule has 2 unspecified atom stereocenters. The predicted octanol–water partition coefficient (Wildman–Crippen LogP) is 3.14. The minimum absolute atomic E-state index is 0.0586. The van der Waals surface area contributed by atoms with Crippen LogP contribution in [0.2, 0.25) is 0 Å². The molecule has 1 fully saturated rings. The fourth-order valence-corrected chi connectivity index (χ4v) is 3.83. The van der Waals surface area contributed by atoms with E-state index in [1.54, 1.807) is 12.5 Å². The summed E-state index contributed by atoms with van der Waals surface area (Å²) in [4.78, 5) is 31.0. The molecule has 1 aromatic heterocycles. The van der Waals surface area contributed by atoms with Gasteiger partial charge >= 0.3 is 0 Å². The van der Waals surface area contributed by atoms with Gasteiger partial charge in [-0.05, 0) is 36.6 Å². The molecule has 0 saturated carbocycles. The Labute approximate surface area is 176 Å². The summed E-state index contributed by atoms with van der Waals surface area (Å²) in [7, 11) is 0. The highest BCUT2D eigenvalue weighted by atomic mass is 16.2. The number of imidazole rings is 1. The van der Waals surface area contributed by atoms with Crippen molar-refractivity contribution in [3.05, 3.63) is 84.4 Å². The van der Waals surface area contributed by atoms with Crippen LogP contribution < -0.4 is 5.32 Å². The lowest BCUT2D eigenvalue weighted by Gasteiger charge is -2.19. The van der Waals surface area contributed by atoms with E-state index in [1.807, 2.05) is 65.1 Å². The molecule has 3 aromatic rings. The van der Waals surface area contributed by atoms with Crippen molar-refractivity contribution in [1.82, 2.24) is 19.8 Å². The van der Waals surface area contributed by atoms with Crippen molar-refractivity contribution in [2.24, 2.45) is 5.92 Å². The van der Waals surface area contributed by atoms with Gasteiger partial charge in [-0.2, -0.15) is 0 Å². The second kappa shape index (κ2) is 8.95. The summed E-state index contributed by atoms with van der Waals surface area (Å²) in [5.74, 6) is -0.291. The first kappa shape index (κ1) is 19.9. The molecule has 154 valence electrons. The first-order chi connectivity index (χ1) is 14.6. The van der Waals surface area contributed by atoms with Crippen molar-refractivity contribution in [3.8, 4) is 5.69 Å². The molecule has 0 aliphatic carbocycles. The maximum Gasteiger partial charge on any atom is 0.225 e.